The van der Waals surface area contributed by atoms with E-state index in [-0.39, 0.29) is 6.04 Å². The Kier molecular flexibility index (Phi) is 4.46. The second kappa shape index (κ2) is 6.08. The molecule has 6 heteroatoms. The van der Waals surface area contributed by atoms with Gasteiger partial charge in [-0.25, -0.2) is 4.98 Å². The number of aromatic nitrogens is 3. The Balaban J connectivity index is 1.88. The average Bonchev–Trinajstić information content (AvgIpc) is 2.94. The minimum absolute atomic E-state index is 0.255. The van der Waals surface area contributed by atoms with Crippen molar-refractivity contribution in [1.29, 1.82) is 0 Å². The third-order valence-electron chi connectivity index (χ3n) is 2.99. The topological polar surface area (TPSA) is 68.8 Å². The summed E-state index contributed by atoms with van der Waals surface area (Å²) in [5, 5.41) is 7.38. The Hall–Kier alpha value is -1.24. The van der Waals surface area contributed by atoms with Crippen LogP contribution in [0.4, 0.5) is 0 Å². The number of thiazole rings is 1. The molecule has 5 nitrogen and oxygen atoms in total. The lowest BCUT2D eigenvalue weighted by Gasteiger charge is -2.14. The lowest BCUT2D eigenvalue weighted by Crippen LogP contribution is -2.37. The summed E-state index contributed by atoms with van der Waals surface area (Å²) >= 11 is 1.70. The molecule has 0 saturated heterocycles. The highest BCUT2D eigenvalue weighted by Crippen LogP contribution is 2.13. The van der Waals surface area contributed by atoms with Gasteiger partial charge in [0, 0.05) is 42.5 Å². The van der Waals surface area contributed by atoms with Crippen LogP contribution in [-0.4, -0.2) is 20.8 Å². The lowest BCUT2D eigenvalue weighted by atomic mass is 10.1. The van der Waals surface area contributed by atoms with E-state index in [0.29, 0.717) is 0 Å². The van der Waals surface area contributed by atoms with Crippen molar-refractivity contribution in [2.45, 2.75) is 32.2 Å². The van der Waals surface area contributed by atoms with E-state index in [4.69, 9.17) is 5.84 Å². The second-order valence-electron chi connectivity index (χ2n) is 4.44. The molecular formula is C12H19N5S. The van der Waals surface area contributed by atoms with E-state index in [1.165, 1.54) is 5.69 Å². The van der Waals surface area contributed by atoms with Crippen molar-refractivity contribution in [3.8, 4) is 0 Å². The summed E-state index contributed by atoms with van der Waals surface area (Å²) in [7, 11) is 1.96. The van der Waals surface area contributed by atoms with Crippen molar-refractivity contribution < 1.29 is 0 Å². The molecule has 2 aromatic rings. The molecule has 0 aliphatic heterocycles. The predicted molar refractivity (Wildman–Crippen MR) is 73.2 cm³/mol. The van der Waals surface area contributed by atoms with E-state index in [1.807, 2.05) is 30.9 Å². The van der Waals surface area contributed by atoms with Gasteiger partial charge in [0.25, 0.3) is 0 Å². The SMILES string of the molecule is Cc1csc(CC(CCc2ccnn2C)NN)n1. The third kappa shape index (κ3) is 3.38. The molecule has 0 bridgehead atoms. The van der Waals surface area contributed by atoms with E-state index in [1.54, 1.807) is 11.3 Å². The van der Waals surface area contributed by atoms with Gasteiger partial charge in [0.2, 0.25) is 0 Å². The smallest absolute Gasteiger partial charge is 0.0944 e. The fraction of sp³-hybridized carbons (Fsp3) is 0.500. The van der Waals surface area contributed by atoms with E-state index < -0.39 is 0 Å². The first kappa shape index (κ1) is 13.2. The molecule has 2 aromatic heterocycles. The highest BCUT2D eigenvalue weighted by Gasteiger charge is 2.11. The van der Waals surface area contributed by atoms with Crippen LogP contribution in [0, 0.1) is 6.92 Å². The molecule has 1 unspecified atom stereocenters. The minimum Gasteiger partial charge on any atom is -0.273 e. The highest BCUT2D eigenvalue weighted by atomic mass is 32.1. The van der Waals surface area contributed by atoms with Crippen LogP contribution >= 0.6 is 11.3 Å². The molecule has 0 aliphatic rings. The largest absolute Gasteiger partial charge is 0.273 e. The maximum absolute atomic E-state index is 5.61. The Morgan fingerprint density at radius 2 is 2.39 bits per heavy atom. The zero-order chi connectivity index (χ0) is 13.0. The molecule has 0 amide bonds. The number of hydrazine groups is 1. The molecule has 0 saturated carbocycles. The first-order valence-electron chi connectivity index (χ1n) is 6.03. The summed E-state index contributed by atoms with van der Waals surface area (Å²) in [6.07, 6.45) is 4.65. The van der Waals surface area contributed by atoms with Gasteiger partial charge < -0.3 is 0 Å². The Labute approximate surface area is 111 Å². The number of nitrogens with two attached hydrogens (primary N) is 1. The van der Waals surface area contributed by atoms with Gasteiger partial charge in [-0.05, 0) is 25.8 Å². The molecular weight excluding hydrogens is 246 g/mol. The van der Waals surface area contributed by atoms with Crippen LogP contribution in [-0.2, 0) is 19.9 Å². The fourth-order valence-corrected chi connectivity index (χ4v) is 2.77. The molecule has 2 rings (SSSR count). The Bertz CT molecular complexity index is 490. The van der Waals surface area contributed by atoms with Gasteiger partial charge in [-0.15, -0.1) is 11.3 Å². The summed E-state index contributed by atoms with van der Waals surface area (Å²) in [6.45, 7) is 2.01. The van der Waals surface area contributed by atoms with E-state index in [0.717, 1.165) is 30.0 Å². The van der Waals surface area contributed by atoms with Crippen molar-refractivity contribution in [2.24, 2.45) is 12.9 Å². The van der Waals surface area contributed by atoms with Gasteiger partial charge >= 0.3 is 0 Å². The van der Waals surface area contributed by atoms with Gasteiger partial charge in [-0.1, -0.05) is 0 Å². The monoisotopic (exact) mass is 265 g/mol. The van der Waals surface area contributed by atoms with Crippen LogP contribution < -0.4 is 11.3 Å². The molecule has 0 aliphatic carbocycles. The Morgan fingerprint density at radius 3 is 2.94 bits per heavy atom. The second-order valence-corrected chi connectivity index (χ2v) is 5.38. The van der Waals surface area contributed by atoms with Crippen LogP contribution in [0.2, 0.25) is 0 Å². The predicted octanol–water partition coefficient (Wildman–Crippen LogP) is 1.19. The van der Waals surface area contributed by atoms with Crippen LogP contribution in [0.3, 0.4) is 0 Å². The zero-order valence-electron chi connectivity index (χ0n) is 10.8. The third-order valence-corrected chi connectivity index (χ3v) is 3.98. The molecule has 98 valence electrons. The quantitative estimate of drug-likeness (QED) is 0.608. The summed E-state index contributed by atoms with van der Waals surface area (Å²) in [6, 6.07) is 2.30. The summed E-state index contributed by atoms with van der Waals surface area (Å²) in [5.74, 6) is 5.61. The van der Waals surface area contributed by atoms with Crippen LogP contribution in [0.25, 0.3) is 0 Å². The van der Waals surface area contributed by atoms with Gasteiger partial charge in [0.05, 0.1) is 5.01 Å². The van der Waals surface area contributed by atoms with Gasteiger partial charge in [0.15, 0.2) is 0 Å². The van der Waals surface area contributed by atoms with E-state index in [2.05, 4.69) is 20.9 Å². The molecule has 2 heterocycles. The summed E-state index contributed by atoms with van der Waals surface area (Å²) in [5.41, 5.74) is 5.19. The normalized spacial score (nSPS) is 12.8. The number of hydrogen-bond donors (Lipinski definition) is 2. The number of nitrogens with one attached hydrogen (secondary N) is 1. The lowest BCUT2D eigenvalue weighted by molar-refractivity contribution is 0.483. The van der Waals surface area contributed by atoms with Gasteiger partial charge in [-0.3, -0.25) is 16.0 Å². The standard InChI is InChI=1S/C12H19N5S/c1-9-8-18-12(15-9)7-10(16-13)3-4-11-5-6-14-17(11)2/h5-6,8,10,16H,3-4,7,13H2,1-2H3. The van der Waals surface area contributed by atoms with Crippen molar-refractivity contribution in [2.75, 3.05) is 0 Å². The molecule has 0 spiro atoms. The molecule has 18 heavy (non-hydrogen) atoms. The van der Waals surface area contributed by atoms with Crippen LogP contribution in [0.15, 0.2) is 17.6 Å². The van der Waals surface area contributed by atoms with E-state index in [9.17, 15) is 0 Å². The minimum atomic E-state index is 0.255. The molecule has 3 N–H and O–H groups in total. The fourth-order valence-electron chi connectivity index (χ4n) is 1.92. The molecule has 0 radical (unpaired) electrons. The van der Waals surface area contributed by atoms with Crippen molar-refractivity contribution in [3.63, 3.8) is 0 Å². The van der Waals surface area contributed by atoms with Crippen molar-refractivity contribution >= 4 is 11.3 Å². The number of hydrogen-bond acceptors (Lipinski definition) is 5. The molecule has 0 aromatic carbocycles. The van der Waals surface area contributed by atoms with Crippen molar-refractivity contribution in [1.82, 2.24) is 20.2 Å². The summed E-state index contributed by atoms with van der Waals surface area (Å²) < 4.78 is 1.90. The average molecular weight is 265 g/mol. The maximum Gasteiger partial charge on any atom is 0.0944 e. The Morgan fingerprint density at radius 1 is 1.56 bits per heavy atom. The number of rotatable bonds is 6. The first-order valence-corrected chi connectivity index (χ1v) is 6.91. The first-order chi connectivity index (χ1) is 8.69. The van der Waals surface area contributed by atoms with Gasteiger partial charge in [-0.2, -0.15) is 5.10 Å². The number of aryl methyl sites for hydroxylation is 3. The maximum atomic E-state index is 5.61. The van der Waals surface area contributed by atoms with Crippen molar-refractivity contribution in [3.05, 3.63) is 34.0 Å². The van der Waals surface area contributed by atoms with Crippen LogP contribution in [0.1, 0.15) is 22.8 Å². The summed E-state index contributed by atoms with van der Waals surface area (Å²) in [4.78, 5) is 4.47. The molecule has 1 atom stereocenters. The van der Waals surface area contributed by atoms with E-state index >= 15 is 0 Å². The zero-order valence-corrected chi connectivity index (χ0v) is 11.6. The van der Waals surface area contributed by atoms with Gasteiger partial charge in [0.1, 0.15) is 0 Å². The highest BCUT2D eigenvalue weighted by molar-refractivity contribution is 7.09. The number of nitrogens with zero attached hydrogens (tertiary/aromatic N) is 3. The van der Waals surface area contributed by atoms with Crippen LogP contribution in [0.5, 0.6) is 0 Å². The molecule has 0 fully saturated rings.